The van der Waals surface area contributed by atoms with E-state index in [0.29, 0.717) is 0 Å². The highest BCUT2D eigenvalue weighted by atomic mass is 79.9. The molecular weight excluding hydrogens is 310 g/mol. The molecule has 0 N–H and O–H groups in total. The van der Waals surface area contributed by atoms with E-state index >= 15 is 0 Å². The molecule has 1 atom stereocenters. The van der Waals surface area contributed by atoms with Crippen molar-refractivity contribution in [3.8, 4) is 0 Å². The van der Waals surface area contributed by atoms with Gasteiger partial charge in [0.05, 0.1) is 0 Å². The van der Waals surface area contributed by atoms with Gasteiger partial charge in [0.2, 0.25) is 0 Å². The van der Waals surface area contributed by atoms with E-state index in [9.17, 15) is 0 Å². The highest BCUT2D eigenvalue weighted by Crippen LogP contribution is 2.13. The molecule has 0 heterocycles. The van der Waals surface area contributed by atoms with Crippen molar-refractivity contribution in [2.75, 3.05) is 13.1 Å². The molecule has 0 saturated carbocycles. The predicted octanol–water partition coefficient (Wildman–Crippen LogP) is 6.61. The summed E-state index contributed by atoms with van der Waals surface area (Å²) >= 11 is 0. The van der Waals surface area contributed by atoms with Crippen molar-refractivity contribution in [2.24, 2.45) is 0 Å². The predicted molar refractivity (Wildman–Crippen MR) is 99.2 cm³/mol. The monoisotopic (exact) mass is 349 g/mol. The summed E-state index contributed by atoms with van der Waals surface area (Å²) in [6, 6.07) is 0.782. The molecule has 1 nitrogen and oxygen atoms in total. The minimum absolute atomic E-state index is 0. The first-order chi connectivity index (χ1) is 9.26. The van der Waals surface area contributed by atoms with Crippen molar-refractivity contribution < 1.29 is 0 Å². The normalized spacial score (nSPS) is 12.4. The fourth-order valence-electron chi connectivity index (χ4n) is 2.96. The SMILES string of the molecule is Br.CCCCCCCCCCCCC(C)N(CC)CC. The largest absolute Gasteiger partial charge is 0.301 e. The average molecular weight is 350 g/mol. The lowest BCUT2D eigenvalue weighted by Gasteiger charge is -2.26. The maximum Gasteiger partial charge on any atom is 0.00666 e. The summed E-state index contributed by atoms with van der Waals surface area (Å²) < 4.78 is 0. The molecule has 0 aromatic carbocycles. The van der Waals surface area contributed by atoms with Gasteiger partial charge in [0.1, 0.15) is 0 Å². The van der Waals surface area contributed by atoms with Gasteiger partial charge in [-0.1, -0.05) is 85.0 Å². The highest BCUT2D eigenvalue weighted by molar-refractivity contribution is 8.93. The van der Waals surface area contributed by atoms with Gasteiger partial charge in [0.25, 0.3) is 0 Å². The molecule has 20 heavy (non-hydrogen) atoms. The van der Waals surface area contributed by atoms with Crippen LogP contribution in [0.2, 0.25) is 0 Å². The van der Waals surface area contributed by atoms with Crippen molar-refractivity contribution in [3.05, 3.63) is 0 Å². The fraction of sp³-hybridized carbons (Fsp3) is 1.00. The van der Waals surface area contributed by atoms with E-state index in [4.69, 9.17) is 0 Å². The lowest BCUT2D eigenvalue weighted by molar-refractivity contribution is 0.217. The number of hydrogen-bond donors (Lipinski definition) is 0. The molecule has 0 amide bonds. The minimum Gasteiger partial charge on any atom is -0.301 e. The number of hydrogen-bond acceptors (Lipinski definition) is 1. The zero-order valence-electron chi connectivity index (χ0n) is 14.6. The second kappa shape index (κ2) is 17.5. The molecule has 0 aliphatic carbocycles. The van der Waals surface area contributed by atoms with Crippen LogP contribution < -0.4 is 0 Å². The minimum atomic E-state index is 0. The van der Waals surface area contributed by atoms with E-state index in [1.54, 1.807) is 0 Å². The van der Waals surface area contributed by atoms with Gasteiger partial charge >= 0.3 is 0 Å². The molecule has 0 spiro atoms. The van der Waals surface area contributed by atoms with E-state index in [-0.39, 0.29) is 17.0 Å². The lowest BCUT2D eigenvalue weighted by Crippen LogP contribution is -2.32. The summed E-state index contributed by atoms with van der Waals surface area (Å²) in [5.41, 5.74) is 0. The summed E-state index contributed by atoms with van der Waals surface area (Å²) in [5.74, 6) is 0. The van der Waals surface area contributed by atoms with E-state index in [0.717, 1.165) is 6.04 Å². The van der Waals surface area contributed by atoms with Crippen LogP contribution in [0.15, 0.2) is 0 Å². The van der Waals surface area contributed by atoms with Crippen molar-refractivity contribution in [1.29, 1.82) is 0 Å². The van der Waals surface area contributed by atoms with Crippen molar-refractivity contribution in [3.63, 3.8) is 0 Å². The van der Waals surface area contributed by atoms with E-state index in [1.807, 2.05) is 0 Å². The Kier molecular flexibility index (Phi) is 19.9. The van der Waals surface area contributed by atoms with Crippen LogP contribution in [-0.4, -0.2) is 24.0 Å². The molecule has 124 valence electrons. The number of nitrogens with zero attached hydrogens (tertiary/aromatic N) is 1. The van der Waals surface area contributed by atoms with Gasteiger partial charge in [-0.2, -0.15) is 0 Å². The molecule has 0 radical (unpaired) electrons. The van der Waals surface area contributed by atoms with Crippen LogP contribution in [0.1, 0.15) is 98.3 Å². The lowest BCUT2D eigenvalue weighted by atomic mass is 10.0. The van der Waals surface area contributed by atoms with Crippen LogP contribution >= 0.6 is 17.0 Å². The Labute approximate surface area is 139 Å². The first-order valence-corrected chi connectivity index (χ1v) is 9.00. The second-order valence-corrected chi connectivity index (χ2v) is 6.04. The van der Waals surface area contributed by atoms with Crippen LogP contribution in [0.4, 0.5) is 0 Å². The van der Waals surface area contributed by atoms with E-state index in [2.05, 4.69) is 32.6 Å². The van der Waals surface area contributed by atoms with Crippen LogP contribution in [0.5, 0.6) is 0 Å². The molecule has 0 fully saturated rings. The van der Waals surface area contributed by atoms with Gasteiger partial charge in [-0.3, -0.25) is 0 Å². The Hall–Kier alpha value is 0.440. The summed E-state index contributed by atoms with van der Waals surface area (Å²) in [4.78, 5) is 2.58. The first kappa shape index (κ1) is 22.7. The standard InChI is InChI=1S/C18H39N.BrH/c1-5-8-9-10-11-12-13-14-15-16-17-18(4)19(6-2)7-3;/h18H,5-17H2,1-4H3;1H. The molecule has 1 unspecified atom stereocenters. The van der Waals surface area contributed by atoms with Gasteiger partial charge in [0, 0.05) is 6.04 Å². The van der Waals surface area contributed by atoms with Crippen molar-refractivity contribution in [2.45, 2.75) is 104 Å². The van der Waals surface area contributed by atoms with Crippen LogP contribution in [0.3, 0.4) is 0 Å². The summed E-state index contributed by atoms with van der Waals surface area (Å²) in [7, 11) is 0. The topological polar surface area (TPSA) is 3.24 Å². The highest BCUT2D eigenvalue weighted by Gasteiger charge is 2.08. The maximum absolute atomic E-state index is 2.58. The molecule has 0 aliphatic heterocycles. The average Bonchev–Trinajstić information content (AvgIpc) is 2.42. The quantitative estimate of drug-likeness (QED) is 0.319. The third-order valence-corrected chi connectivity index (χ3v) is 4.41. The number of halogens is 1. The molecule has 0 bridgehead atoms. The zero-order valence-corrected chi connectivity index (χ0v) is 16.3. The molecule has 0 saturated heterocycles. The van der Waals surface area contributed by atoms with Gasteiger partial charge < -0.3 is 4.90 Å². The molecule has 0 rings (SSSR count). The Balaban J connectivity index is 0. The third kappa shape index (κ3) is 13.4. The Morgan fingerprint density at radius 1 is 0.650 bits per heavy atom. The molecule has 0 aliphatic rings. The Morgan fingerprint density at radius 2 is 1.05 bits per heavy atom. The number of unbranched alkanes of at least 4 members (excludes halogenated alkanes) is 9. The van der Waals surface area contributed by atoms with Crippen LogP contribution in [0.25, 0.3) is 0 Å². The Morgan fingerprint density at radius 3 is 1.45 bits per heavy atom. The molecule has 0 aromatic rings. The van der Waals surface area contributed by atoms with Crippen molar-refractivity contribution >= 4 is 17.0 Å². The summed E-state index contributed by atoms with van der Waals surface area (Å²) in [5, 5.41) is 0. The van der Waals surface area contributed by atoms with Crippen LogP contribution in [0, 0.1) is 0 Å². The van der Waals surface area contributed by atoms with Gasteiger partial charge in [-0.15, -0.1) is 17.0 Å². The summed E-state index contributed by atoms with van der Waals surface area (Å²) in [6.07, 6.45) is 15.8. The molecule has 0 aromatic heterocycles. The van der Waals surface area contributed by atoms with Crippen molar-refractivity contribution in [1.82, 2.24) is 4.90 Å². The maximum atomic E-state index is 2.58. The van der Waals surface area contributed by atoms with E-state index in [1.165, 1.54) is 83.7 Å². The van der Waals surface area contributed by atoms with Gasteiger partial charge in [0.15, 0.2) is 0 Å². The molecule has 2 heteroatoms. The summed E-state index contributed by atoms with van der Waals surface area (Å²) in [6.45, 7) is 11.6. The van der Waals surface area contributed by atoms with E-state index < -0.39 is 0 Å². The van der Waals surface area contributed by atoms with Gasteiger partial charge in [-0.05, 0) is 26.4 Å². The first-order valence-electron chi connectivity index (χ1n) is 9.00. The number of rotatable bonds is 14. The van der Waals surface area contributed by atoms with Crippen LogP contribution in [-0.2, 0) is 0 Å². The zero-order chi connectivity index (χ0) is 14.3. The molecular formula is C18H40BrN. The fourth-order valence-corrected chi connectivity index (χ4v) is 2.96. The second-order valence-electron chi connectivity index (χ2n) is 6.04. The van der Waals surface area contributed by atoms with Gasteiger partial charge in [-0.25, -0.2) is 0 Å². The third-order valence-electron chi connectivity index (χ3n) is 4.41. The Bertz CT molecular complexity index is 169. The smallest absolute Gasteiger partial charge is 0.00666 e.